The number of aliphatic carboxylic acids is 1. The molecule has 6 heterocycles. The predicted molar refractivity (Wildman–Crippen MR) is 171 cm³/mol. The first kappa shape index (κ1) is 37.0. The SMILES string of the molecule is Cc1oc(=O)oc1COC(=O)N1CC(N2CCC(=CC3=C(C(=O)O)N4C(=O)[C@@H](NC(=O)C(=NO)c5nsc(N)n5)[C@H]4SC3)C2=O)CC1CO.[Na]. The summed E-state index contributed by atoms with van der Waals surface area (Å²) in [7, 11) is 0. The third kappa shape index (κ3) is 6.90. The zero-order chi connectivity index (χ0) is 35.1. The first-order chi connectivity index (χ1) is 23.4. The molecular formula is C27H28N8NaO12S2. The fourth-order valence-electron chi connectivity index (χ4n) is 6.04. The van der Waals surface area contributed by atoms with Gasteiger partial charge in [-0.15, -0.1) is 11.8 Å². The van der Waals surface area contributed by atoms with E-state index in [1.807, 2.05) is 0 Å². The summed E-state index contributed by atoms with van der Waals surface area (Å²) in [6.45, 7) is 1.05. The standard InChI is InChI=1S/C27H28N8O12S2.Na/c1-10-15(47-27(43)46-10)8-45-26(42)34-6-13(5-14(34)7-36)33-3-2-11(21(33)38)4-12-9-48-23-17(22(39)35(23)18(12)24(40)41)29-20(37)16(31-44)19-30-25(28)49-32-19;/h4,13-14,17,23,36,44H,2-3,5-9H2,1H3,(H,29,37)(H,40,41)(H2,28,30,32);/t13?,14?,17-,23-;/m1./s1. The molecular weight excluding hydrogens is 715 g/mol. The monoisotopic (exact) mass is 743 g/mol. The van der Waals surface area contributed by atoms with Crippen molar-refractivity contribution in [1.29, 1.82) is 0 Å². The van der Waals surface area contributed by atoms with Crippen molar-refractivity contribution in [2.24, 2.45) is 5.16 Å². The molecule has 261 valence electrons. The van der Waals surface area contributed by atoms with Crippen LogP contribution >= 0.6 is 23.3 Å². The van der Waals surface area contributed by atoms with E-state index in [4.69, 9.17) is 19.3 Å². The quantitative estimate of drug-likeness (QED) is 0.0485. The fraction of sp³-hybridized carbons (Fsp3) is 0.444. The number of hydrogen-bond donors (Lipinski definition) is 5. The summed E-state index contributed by atoms with van der Waals surface area (Å²) >= 11 is 1.94. The zero-order valence-corrected chi connectivity index (χ0v) is 30.1. The number of carboxylic acids is 1. The predicted octanol–water partition coefficient (Wildman–Crippen LogP) is -1.56. The van der Waals surface area contributed by atoms with Crippen molar-refractivity contribution in [1.82, 2.24) is 29.4 Å². The average molecular weight is 744 g/mol. The van der Waals surface area contributed by atoms with E-state index in [9.17, 15) is 44.2 Å². The van der Waals surface area contributed by atoms with Crippen LogP contribution in [-0.4, -0.2) is 153 Å². The number of hydrogen-bond acceptors (Lipinski definition) is 17. The van der Waals surface area contributed by atoms with Crippen molar-refractivity contribution in [3.63, 3.8) is 0 Å². The number of allylic oxidation sites excluding steroid dienone is 1. The molecule has 4 atom stereocenters. The van der Waals surface area contributed by atoms with Crippen LogP contribution in [0.5, 0.6) is 0 Å². The van der Waals surface area contributed by atoms with E-state index in [2.05, 4.69) is 19.8 Å². The molecule has 50 heavy (non-hydrogen) atoms. The number of aromatic nitrogens is 2. The number of aryl methyl sites for hydroxylation is 1. The molecule has 2 unspecified atom stereocenters. The molecule has 0 saturated carbocycles. The number of thioether (sulfide) groups is 1. The van der Waals surface area contributed by atoms with Crippen molar-refractivity contribution < 1.29 is 53.0 Å². The van der Waals surface area contributed by atoms with Crippen molar-refractivity contribution >= 4 is 93.5 Å². The van der Waals surface area contributed by atoms with E-state index in [1.165, 1.54) is 29.7 Å². The second-order valence-electron chi connectivity index (χ2n) is 11.2. The molecule has 0 bridgehead atoms. The maximum absolute atomic E-state index is 13.5. The number of β-lactam (4-membered cyclic amide) rings is 1. The Hall–Kier alpha value is -4.22. The third-order valence-corrected chi connectivity index (χ3v) is 10.2. The summed E-state index contributed by atoms with van der Waals surface area (Å²) < 4.78 is 18.7. The minimum absolute atomic E-state index is 0. The molecule has 2 aromatic heterocycles. The number of aliphatic hydroxyl groups excluding tert-OH is 1. The number of amides is 4. The van der Waals surface area contributed by atoms with Gasteiger partial charge in [-0.25, -0.2) is 14.4 Å². The Morgan fingerprint density at radius 2 is 2.00 bits per heavy atom. The number of anilines is 1. The first-order valence-corrected chi connectivity index (χ1v) is 16.4. The van der Waals surface area contributed by atoms with Crippen LogP contribution < -0.4 is 16.9 Å². The maximum atomic E-state index is 13.5. The average Bonchev–Trinajstić information content (AvgIpc) is 3.85. The van der Waals surface area contributed by atoms with E-state index >= 15 is 0 Å². The van der Waals surface area contributed by atoms with Gasteiger partial charge in [-0.05, 0) is 31.4 Å². The molecule has 6 N–H and O–H groups in total. The number of nitrogen functional groups attached to an aromatic ring is 1. The number of nitrogens with two attached hydrogens (primary N) is 1. The number of nitrogens with one attached hydrogen (secondary N) is 1. The van der Waals surface area contributed by atoms with Crippen molar-refractivity contribution in [2.45, 2.75) is 49.9 Å². The van der Waals surface area contributed by atoms with E-state index in [1.54, 1.807) is 4.90 Å². The van der Waals surface area contributed by atoms with Crippen molar-refractivity contribution in [3.05, 3.63) is 50.9 Å². The maximum Gasteiger partial charge on any atom is 0.519 e. The Labute approximate surface area is 311 Å². The van der Waals surface area contributed by atoms with Crippen LogP contribution in [0.4, 0.5) is 9.93 Å². The van der Waals surface area contributed by atoms with Gasteiger partial charge in [0.2, 0.25) is 17.4 Å². The van der Waals surface area contributed by atoms with Gasteiger partial charge in [0.1, 0.15) is 17.1 Å². The normalized spacial score (nSPS) is 24.3. The summed E-state index contributed by atoms with van der Waals surface area (Å²) in [5, 5.41) is 33.9. The van der Waals surface area contributed by atoms with Crippen molar-refractivity contribution in [2.75, 3.05) is 31.2 Å². The van der Waals surface area contributed by atoms with E-state index in [-0.39, 0.29) is 114 Å². The molecule has 3 saturated heterocycles. The topological polar surface area (TPSA) is 285 Å². The van der Waals surface area contributed by atoms with E-state index < -0.39 is 58.9 Å². The molecule has 4 aliphatic heterocycles. The third-order valence-electron chi connectivity index (χ3n) is 8.40. The fourth-order valence-corrected chi connectivity index (χ4v) is 7.78. The molecule has 23 heteroatoms. The molecule has 4 amide bonds. The second-order valence-corrected chi connectivity index (χ2v) is 13.1. The van der Waals surface area contributed by atoms with Gasteiger partial charge in [-0.1, -0.05) is 5.16 Å². The van der Waals surface area contributed by atoms with Gasteiger partial charge in [-0.3, -0.25) is 19.3 Å². The Morgan fingerprint density at radius 3 is 2.62 bits per heavy atom. The molecule has 3 fully saturated rings. The summed E-state index contributed by atoms with van der Waals surface area (Å²) in [5.41, 5.74) is 5.15. The summed E-state index contributed by atoms with van der Waals surface area (Å²) in [5.74, 6) is -4.36. The number of carboxylic acid groups (broad SMARTS) is 1. The van der Waals surface area contributed by atoms with Crippen LogP contribution in [0.15, 0.2) is 41.7 Å². The van der Waals surface area contributed by atoms with Crippen LogP contribution in [0.1, 0.15) is 30.2 Å². The Balaban J connectivity index is 0.00000486. The van der Waals surface area contributed by atoms with Gasteiger partial charge in [-0.2, -0.15) is 9.36 Å². The molecule has 0 aliphatic carbocycles. The molecule has 1 radical (unpaired) electrons. The Kier molecular flexibility index (Phi) is 11.1. The smallest absolute Gasteiger partial charge is 0.477 e. The summed E-state index contributed by atoms with van der Waals surface area (Å²) in [4.78, 5) is 83.6. The number of rotatable bonds is 9. The van der Waals surface area contributed by atoms with Gasteiger partial charge in [0, 0.05) is 65.5 Å². The molecule has 6 rings (SSSR count). The van der Waals surface area contributed by atoms with Gasteiger partial charge in [0.05, 0.1) is 18.7 Å². The van der Waals surface area contributed by atoms with Crippen LogP contribution in [0.2, 0.25) is 0 Å². The molecule has 0 aromatic carbocycles. The van der Waals surface area contributed by atoms with Crippen LogP contribution in [-0.2, 0) is 30.5 Å². The Bertz CT molecular complexity index is 1890. The second kappa shape index (κ2) is 14.9. The number of nitrogens with zero attached hydrogens (tertiary/aromatic N) is 6. The first-order valence-electron chi connectivity index (χ1n) is 14.6. The largest absolute Gasteiger partial charge is 0.519 e. The minimum Gasteiger partial charge on any atom is -0.477 e. The number of likely N-dealkylation sites (tertiary alicyclic amines) is 2. The van der Waals surface area contributed by atoms with E-state index in [0.717, 1.165) is 16.4 Å². The summed E-state index contributed by atoms with van der Waals surface area (Å²) in [6.07, 6.45) is 1.19. The van der Waals surface area contributed by atoms with Crippen LogP contribution in [0, 0.1) is 6.92 Å². The Morgan fingerprint density at radius 1 is 1.24 bits per heavy atom. The molecule has 20 nitrogen and oxygen atoms in total. The minimum atomic E-state index is -1.40. The van der Waals surface area contributed by atoms with Gasteiger partial charge in [0.15, 0.2) is 23.3 Å². The number of oxime groups is 1. The number of ether oxygens (including phenoxy) is 1. The van der Waals surface area contributed by atoms with Gasteiger partial charge < -0.3 is 49.8 Å². The summed E-state index contributed by atoms with van der Waals surface area (Å²) in [6, 6.07) is -2.26. The number of carbonyl (C=O) groups excluding carboxylic acids is 4. The number of fused-ring (bicyclic) bond motifs is 1. The molecule has 2 aromatic rings. The molecule has 4 aliphatic rings. The number of carbonyl (C=O) groups is 5. The van der Waals surface area contributed by atoms with Crippen LogP contribution in [0.25, 0.3) is 0 Å². The van der Waals surface area contributed by atoms with Gasteiger partial charge >= 0.3 is 17.9 Å². The van der Waals surface area contributed by atoms with Gasteiger partial charge in [0.25, 0.3) is 11.8 Å². The number of aliphatic hydroxyl groups is 1. The van der Waals surface area contributed by atoms with E-state index in [0.29, 0.717) is 5.57 Å². The van der Waals surface area contributed by atoms with Crippen molar-refractivity contribution in [3.8, 4) is 0 Å². The molecule has 0 spiro atoms. The van der Waals surface area contributed by atoms with Crippen LogP contribution in [0.3, 0.4) is 0 Å². The zero-order valence-electron chi connectivity index (χ0n) is 26.4.